The smallest absolute Gasteiger partial charge is 0.224 e. The summed E-state index contributed by atoms with van der Waals surface area (Å²) in [5.41, 5.74) is 0. The second-order valence-corrected chi connectivity index (χ2v) is 4.53. The Morgan fingerprint density at radius 1 is 1.13 bits per heavy atom. The molecule has 1 aliphatic carbocycles. The minimum atomic E-state index is 0. The lowest BCUT2D eigenvalue weighted by atomic mass is 9.98. The van der Waals surface area contributed by atoms with Crippen LogP contribution in [0.15, 0.2) is 0 Å². The molecule has 0 aromatic carbocycles. The van der Waals surface area contributed by atoms with E-state index in [1.54, 1.807) is 0 Å². The van der Waals surface area contributed by atoms with Gasteiger partial charge in [0.05, 0.1) is 5.92 Å². The maximum absolute atomic E-state index is 11.8. The van der Waals surface area contributed by atoms with E-state index in [1.807, 2.05) is 0 Å². The zero-order valence-electron chi connectivity index (χ0n) is 9.13. The molecule has 1 saturated carbocycles. The molecule has 2 N–H and O–H groups in total. The molecule has 1 atom stereocenters. The van der Waals surface area contributed by atoms with E-state index in [0.29, 0.717) is 6.04 Å². The molecule has 3 nitrogen and oxygen atoms in total. The van der Waals surface area contributed by atoms with Gasteiger partial charge in [-0.15, -0.1) is 12.4 Å². The predicted molar refractivity (Wildman–Crippen MR) is 63.2 cm³/mol. The number of halogens is 1. The molecule has 0 radical (unpaired) electrons. The van der Waals surface area contributed by atoms with E-state index < -0.39 is 0 Å². The van der Waals surface area contributed by atoms with Gasteiger partial charge in [0.1, 0.15) is 0 Å². The molecule has 1 saturated heterocycles. The molecule has 0 aromatic heterocycles. The molecular formula is C11H21ClN2O. The van der Waals surface area contributed by atoms with Crippen LogP contribution in [-0.2, 0) is 4.79 Å². The number of hydrogen-bond acceptors (Lipinski definition) is 2. The van der Waals surface area contributed by atoms with Gasteiger partial charge in [-0.3, -0.25) is 4.79 Å². The fourth-order valence-electron chi connectivity index (χ4n) is 2.46. The third-order valence-electron chi connectivity index (χ3n) is 3.37. The van der Waals surface area contributed by atoms with E-state index in [4.69, 9.17) is 0 Å². The highest BCUT2D eigenvalue weighted by atomic mass is 35.5. The van der Waals surface area contributed by atoms with Gasteiger partial charge >= 0.3 is 0 Å². The second-order valence-electron chi connectivity index (χ2n) is 4.53. The Labute approximate surface area is 97.8 Å². The van der Waals surface area contributed by atoms with Gasteiger partial charge in [0.15, 0.2) is 0 Å². The quantitative estimate of drug-likeness (QED) is 0.757. The van der Waals surface area contributed by atoms with E-state index in [1.165, 1.54) is 25.7 Å². The van der Waals surface area contributed by atoms with E-state index >= 15 is 0 Å². The zero-order chi connectivity index (χ0) is 9.80. The van der Waals surface area contributed by atoms with Gasteiger partial charge in [0.2, 0.25) is 5.91 Å². The molecular weight excluding hydrogens is 212 g/mol. The molecule has 1 amide bonds. The van der Waals surface area contributed by atoms with Gasteiger partial charge in [-0.1, -0.05) is 12.8 Å². The first-order chi connectivity index (χ1) is 6.86. The van der Waals surface area contributed by atoms with Gasteiger partial charge < -0.3 is 10.6 Å². The van der Waals surface area contributed by atoms with Crippen molar-refractivity contribution in [3.63, 3.8) is 0 Å². The van der Waals surface area contributed by atoms with Crippen LogP contribution in [0.4, 0.5) is 0 Å². The number of carbonyl (C=O) groups is 1. The molecule has 0 aromatic rings. The van der Waals surface area contributed by atoms with Crippen molar-refractivity contribution >= 4 is 18.3 Å². The van der Waals surface area contributed by atoms with Crippen LogP contribution in [-0.4, -0.2) is 25.0 Å². The lowest BCUT2D eigenvalue weighted by molar-refractivity contribution is -0.126. The number of carbonyl (C=O) groups excluding carboxylic acids is 1. The molecule has 0 bridgehead atoms. The molecule has 15 heavy (non-hydrogen) atoms. The molecule has 0 spiro atoms. The summed E-state index contributed by atoms with van der Waals surface area (Å²) in [5, 5.41) is 6.45. The lowest BCUT2D eigenvalue weighted by Crippen LogP contribution is -2.43. The highest BCUT2D eigenvalue weighted by Crippen LogP contribution is 2.19. The first kappa shape index (κ1) is 12.8. The number of piperidine rings is 1. The van der Waals surface area contributed by atoms with E-state index in [-0.39, 0.29) is 24.2 Å². The minimum Gasteiger partial charge on any atom is -0.353 e. The first-order valence-electron chi connectivity index (χ1n) is 5.87. The minimum absolute atomic E-state index is 0. The van der Waals surface area contributed by atoms with Crippen LogP contribution in [0.1, 0.15) is 38.5 Å². The molecule has 1 heterocycles. The van der Waals surface area contributed by atoms with Gasteiger partial charge in [-0.05, 0) is 32.2 Å². The Balaban J connectivity index is 0.00000112. The van der Waals surface area contributed by atoms with Gasteiger partial charge in [-0.2, -0.15) is 0 Å². The van der Waals surface area contributed by atoms with Crippen molar-refractivity contribution in [1.82, 2.24) is 10.6 Å². The topological polar surface area (TPSA) is 41.1 Å². The van der Waals surface area contributed by atoms with E-state index in [2.05, 4.69) is 10.6 Å². The first-order valence-corrected chi connectivity index (χ1v) is 5.87. The van der Waals surface area contributed by atoms with Crippen molar-refractivity contribution < 1.29 is 4.79 Å². The highest BCUT2D eigenvalue weighted by Gasteiger charge is 2.24. The van der Waals surface area contributed by atoms with Crippen LogP contribution in [0.25, 0.3) is 0 Å². The monoisotopic (exact) mass is 232 g/mol. The standard InChI is InChI=1S/C11H20N2O.ClH/c14-11(9-4-3-7-12-8-9)13-10-5-1-2-6-10;/h9-10,12H,1-8H2,(H,13,14);1H. The summed E-state index contributed by atoms with van der Waals surface area (Å²) in [6, 6.07) is 0.476. The largest absolute Gasteiger partial charge is 0.353 e. The normalized spacial score (nSPS) is 27.1. The Kier molecular flexibility index (Phi) is 5.40. The summed E-state index contributed by atoms with van der Waals surface area (Å²) in [5.74, 6) is 0.508. The SMILES string of the molecule is Cl.O=C(NC1CCCC1)C1CCCNC1. The summed E-state index contributed by atoms with van der Waals surface area (Å²) in [6.07, 6.45) is 7.15. The molecule has 2 rings (SSSR count). The molecule has 2 fully saturated rings. The third kappa shape index (κ3) is 3.65. The maximum Gasteiger partial charge on any atom is 0.224 e. The second kappa shape index (κ2) is 6.33. The van der Waals surface area contributed by atoms with Crippen LogP contribution in [0.2, 0.25) is 0 Å². The van der Waals surface area contributed by atoms with Crippen LogP contribution in [0, 0.1) is 5.92 Å². The van der Waals surface area contributed by atoms with Crippen molar-refractivity contribution in [2.75, 3.05) is 13.1 Å². The average molecular weight is 233 g/mol. The number of rotatable bonds is 2. The summed E-state index contributed by atoms with van der Waals surface area (Å²) < 4.78 is 0. The Morgan fingerprint density at radius 2 is 1.87 bits per heavy atom. The Hall–Kier alpha value is -0.280. The van der Waals surface area contributed by atoms with Gasteiger partial charge in [0.25, 0.3) is 0 Å². The van der Waals surface area contributed by atoms with Crippen molar-refractivity contribution in [2.24, 2.45) is 5.92 Å². The highest BCUT2D eigenvalue weighted by molar-refractivity contribution is 5.85. The lowest BCUT2D eigenvalue weighted by Gasteiger charge is -2.23. The predicted octanol–water partition coefficient (Wildman–Crippen LogP) is 1.47. The molecule has 2 aliphatic rings. The van der Waals surface area contributed by atoms with Crippen molar-refractivity contribution in [3.8, 4) is 0 Å². The Morgan fingerprint density at radius 3 is 2.47 bits per heavy atom. The number of hydrogen-bond donors (Lipinski definition) is 2. The van der Waals surface area contributed by atoms with Crippen LogP contribution in [0.3, 0.4) is 0 Å². The van der Waals surface area contributed by atoms with Crippen molar-refractivity contribution in [3.05, 3.63) is 0 Å². The van der Waals surface area contributed by atoms with Crippen molar-refractivity contribution in [2.45, 2.75) is 44.6 Å². The summed E-state index contributed by atoms with van der Waals surface area (Å²) in [6.45, 7) is 1.95. The average Bonchev–Trinajstić information content (AvgIpc) is 2.72. The summed E-state index contributed by atoms with van der Waals surface area (Å²) in [4.78, 5) is 11.8. The van der Waals surface area contributed by atoms with E-state index in [0.717, 1.165) is 25.9 Å². The van der Waals surface area contributed by atoms with Crippen LogP contribution >= 0.6 is 12.4 Å². The zero-order valence-corrected chi connectivity index (χ0v) is 9.94. The molecule has 4 heteroatoms. The molecule has 1 unspecified atom stereocenters. The summed E-state index contributed by atoms with van der Waals surface area (Å²) in [7, 11) is 0. The third-order valence-corrected chi connectivity index (χ3v) is 3.37. The summed E-state index contributed by atoms with van der Waals surface area (Å²) >= 11 is 0. The Bertz CT molecular complexity index is 199. The van der Waals surface area contributed by atoms with Crippen LogP contribution < -0.4 is 10.6 Å². The molecule has 1 aliphatic heterocycles. The molecule has 88 valence electrons. The fourth-order valence-corrected chi connectivity index (χ4v) is 2.46. The number of amides is 1. The maximum atomic E-state index is 11.8. The van der Waals surface area contributed by atoms with Gasteiger partial charge in [0, 0.05) is 12.6 Å². The van der Waals surface area contributed by atoms with E-state index in [9.17, 15) is 4.79 Å². The van der Waals surface area contributed by atoms with Crippen molar-refractivity contribution in [1.29, 1.82) is 0 Å². The fraction of sp³-hybridized carbons (Fsp3) is 0.909. The number of nitrogens with one attached hydrogen (secondary N) is 2. The van der Waals surface area contributed by atoms with Crippen LogP contribution in [0.5, 0.6) is 0 Å². The van der Waals surface area contributed by atoms with Gasteiger partial charge in [-0.25, -0.2) is 0 Å².